The van der Waals surface area contributed by atoms with Crippen LogP contribution in [0.25, 0.3) is 10.9 Å². The second-order valence-corrected chi connectivity index (χ2v) is 6.66. The summed E-state index contributed by atoms with van der Waals surface area (Å²) in [6, 6.07) is 9.49. The standard InChI is InChI=1S/C18H22N6O2/c1-22-15-6-4-3-5-14(15)17(21-22)18(25)24-11-13(26-2)9-12(24)10-23-8-7-16(19)20-23/h3-8,12-13H,9-11H2,1-2H3,(H2,19,20)/t12-,13+/m0/s1. The van der Waals surface area contributed by atoms with Crippen molar-refractivity contribution in [2.45, 2.75) is 25.1 Å². The molecule has 0 saturated carbocycles. The summed E-state index contributed by atoms with van der Waals surface area (Å²) < 4.78 is 9.04. The number of nitrogens with zero attached hydrogens (tertiary/aromatic N) is 5. The van der Waals surface area contributed by atoms with Gasteiger partial charge in [-0.3, -0.25) is 14.2 Å². The fourth-order valence-electron chi connectivity index (χ4n) is 3.67. The van der Waals surface area contributed by atoms with Gasteiger partial charge in [-0.2, -0.15) is 10.2 Å². The first-order valence-corrected chi connectivity index (χ1v) is 8.61. The highest BCUT2D eigenvalue weighted by molar-refractivity contribution is 6.05. The van der Waals surface area contributed by atoms with Crippen molar-refractivity contribution in [3.8, 4) is 0 Å². The lowest BCUT2D eigenvalue weighted by Gasteiger charge is -2.23. The maximum atomic E-state index is 13.3. The number of methoxy groups -OCH3 is 1. The number of benzene rings is 1. The van der Waals surface area contributed by atoms with Gasteiger partial charge in [-0.05, 0) is 18.6 Å². The minimum atomic E-state index is -0.0773. The molecule has 1 aliphatic heterocycles. The Kier molecular flexibility index (Phi) is 4.12. The van der Waals surface area contributed by atoms with Crippen LogP contribution in [0.5, 0.6) is 0 Å². The van der Waals surface area contributed by atoms with Crippen molar-refractivity contribution in [3.05, 3.63) is 42.2 Å². The highest BCUT2D eigenvalue weighted by atomic mass is 16.5. The molecular weight excluding hydrogens is 332 g/mol. The first-order valence-electron chi connectivity index (χ1n) is 8.61. The smallest absolute Gasteiger partial charge is 0.275 e. The quantitative estimate of drug-likeness (QED) is 0.762. The number of hydrogen-bond donors (Lipinski definition) is 1. The number of carbonyl (C=O) groups excluding carboxylic acids is 1. The summed E-state index contributed by atoms with van der Waals surface area (Å²) in [7, 11) is 3.53. The van der Waals surface area contributed by atoms with Gasteiger partial charge >= 0.3 is 0 Å². The molecule has 3 heterocycles. The average Bonchev–Trinajstić information content (AvgIpc) is 3.33. The number of amides is 1. The second kappa shape index (κ2) is 6.45. The number of anilines is 1. The van der Waals surface area contributed by atoms with Crippen molar-refractivity contribution in [2.24, 2.45) is 7.05 Å². The van der Waals surface area contributed by atoms with E-state index >= 15 is 0 Å². The van der Waals surface area contributed by atoms with Crippen molar-refractivity contribution in [2.75, 3.05) is 19.4 Å². The van der Waals surface area contributed by atoms with Crippen molar-refractivity contribution >= 4 is 22.6 Å². The van der Waals surface area contributed by atoms with Crippen molar-refractivity contribution in [1.29, 1.82) is 0 Å². The highest BCUT2D eigenvalue weighted by Crippen LogP contribution is 2.26. The molecule has 1 fully saturated rings. The molecule has 8 heteroatoms. The van der Waals surface area contributed by atoms with Gasteiger partial charge in [0.15, 0.2) is 5.69 Å². The first-order chi connectivity index (χ1) is 12.6. The number of nitrogen functional groups attached to an aromatic ring is 1. The van der Waals surface area contributed by atoms with Gasteiger partial charge in [0.05, 0.1) is 24.2 Å². The Hall–Kier alpha value is -2.87. The van der Waals surface area contributed by atoms with Gasteiger partial charge < -0.3 is 15.4 Å². The molecule has 1 aromatic carbocycles. The predicted molar refractivity (Wildman–Crippen MR) is 97.6 cm³/mol. The number of aryl methyl sites for hydroxylation is 1. The molecule has 26 heavy (non-hydrogen) atoms. The van der Waals surface area contributed by atoms with E-state index in [-0.39, 0.29) is 18.1 Å². The van der Waals surface area contributed by atoms with Crippen LogP contribution in [0, 0.1) is 0 Å². The van der Waals surface area contributed by atoms with Crippen molar-refractivity contribution < 1.29 is 9.53 Å². The number of nitrogens with two attached hydrogens (primary N) is 1. The number of fused-ring (bicyclic) bond motifs is 1. The summed E-state index contributed by atoms with van der Waals surface area (Å²) in [5, 5.41) is 9.58. The minimum absolute atomic E-state index is 0.00633. The third kappa shape index (κ3) is 2.82. The zero-order valence-electron chi connectivity index (χ0n) is 14.9. The van der Waals surface area contributed by atoms with Gasteiger partial charge in [0.1, 0.15) is 5.82 Å². The third-order valence-electron chi connectivity index (χ3n) is 4.99. The molecule has 8 nitrogen and oxygen atoms in total. The Morgan fingerprint density at radius 1 is 1.31 bits per heavy atom. The maximum absolute atomic E-state index is 13.3. The molecular formula is C18H22N6O2. The summed E-state index contributed by atoms with van der Waals surface area (Å²) in [5.74, 6) is 0.395. The van der Waals surface area contributed by atoms with Crippen LogP contribution in [-0.4, -0.2) is 56.2 Å². The molecule has 136 valence electrons. The van der Waals surface area contributed by atoms with E-state index in [1.807, 2.05) is 42.4 Å². The molecule has 1 amide bonds. The van der Waals surface area contributed by atoms with Crippen molar-refractivity contribution in [3.63, 3.8) is 0 Å². The summed E-state index contributed by atoms with van der Waals surface area (Å²) in [5.41, 5.74) is 7.12. The third-order valence-corrected chi connectivity index (χ3v) is 4.99. The summed E-state index contributed by atoms with van der Waals surface area (Å²) in [6.07, 6.45) is 2.59. The number of aromatic nitrogens is 4. The molecule has 0 bridgehead atoms. The van der Waals surface area contributed by atoms with Crippen LogP contribution in [0.15, 0.2) is 36.5 Å². The maximum Gasteiger partial charge on any atom is 0.275 e. The Bertz CT molecular complexity index is 946. The van der Waals surface area contributed by atoms with Crippen molar-refractivity contribution in [1.82, 2.24) is 24.5 Å². The molecule has 0 radical (unpaired) electrons. The fourth-order valence-corrected chi connectivity index (χ4v) is 3.67. The van der Waals surface area contributed by atoms with E-state index in [2.05, 4.69) is 10.2 Å². The molecule has 0 spiro atoms. The van der Waals surface area contributed by atoms with Gasteiger partial charge in [-0.15, -0.1) is 0 Å². The summed E-state index contributed by atoms with van der Waals surface area (Å²) in [4.78, 5) is 15.1. The van der Waals surface area contributed by atoms with Gasteiger partial charge in [0.25, 0.3) is 5.91 Å². The summed E-state index contributed by atoms with van der Waals surface area (Å²) >= 11 is 0. The molecule has 1 saturated heterocycles. The Balaban J connectivity index is 1.65. The zero-order chi connectivity index (χ0) is 18.3. The molecule has 4 rings (SSSR count). The topological polar surface area (TPSA) is 91.2 Å². The van der Waals surface area contributed by atoms with Gasteiger partial charge in [-0.25, -0.2) is 0 Å². The largest absolute Gasteiger partial charge is 0.382 e. The van der Waals surface area contributed by atoms with Crippen LogP contribution < -0.4 is 5.73 Å². The minimum Gasteiger partial charge on any atom is -0.382 e. The van der Waals surface area contributed by atoms with Gasteiger partial charge in [0, 0.05) is 32.3 Å². The van der Waals surface area contributed by atoms with E-state index < -0.39 is 0 Å². The summed E-state index contributed by atoms with van der Waals surface area (Å²) in [6.45, 7) is 1.12. The Morgan fingerprint density at radius 2 is 2.12 bits per heavy atom. The number of carbonyl (C=O) groups is 1. The first kappa shape index (κ1) is 16.6. The molecule has 0 aliphatic carbocycles. The number of likely N-dealkylation sites (tertiary alicyclic amines) is 1. The average molecular weight is 354 g/mol. The van der Waals surface area contributed by atoms with Gasteiger partial charge in [-0.1, -0.05) is 18.2 Å². The number of hydrogen-bond acceptors (Lipinski definition) is 5. The van der Waals surface area contributed by atoms with E-state index in [1.54, 1.807) is 22.5 Å². The number of para-hydroxylation sites is 1. The van der Waals surface area contributed by atoms with E-state index in [0.717, 1.165) is 17.3 Å². The molecule has 1 aliphatic rings. The van der Waals surface area contributed by atoms with E-state index in [0.29, 0.717) is 24.6 Å². The van der Waals surface area contributed by atoms with Crippen LogP contribution >= 0.6 is 0 Å². The Labute approximate surface area is 151 Å². The SMILES string of the molecule is CO[C@@H]1C[C@@H](Cn2ccc(N)n2)N(C(=O)c2nn(C)c3ccccc23)C1. The van der Waals surface area contributed by atoms with Crippen LogP contribution in [0.1, 0.15) is 16.9 Å². The predicted octanol–water partition coefficient (Wildman–Crippen LogP) is 1.28. The van der Waals surface area contributed by atoms with Crippen LogP contribution in [0.2, 0.25) is 0 Å². The Morgan fingerprint density at radius 3 is 2.85 bits per heavy atom. The molecule has 3 aromatic rings. The lowest BCUT2D eigenvalue weighted by atomic mass is 10.1. The van der Waals surface area contributed by atoms with E-state index in [9.17, 15) is 4.79 Å². The van der Waals surface area contributed by atoms with E-state index in [1.165, 1.54) is 0 Å². The fraction of sp³-hybridized carbons (Fsp3) is 0.389. The van der Waals surface area contributed by atoms with Crippen LogP contribution in [0.4, 0.5) is 5.82 Å². The van der Waals surface area contributed by atoms with Crippen LogP contribution in [0.3, 0.4) is 0 Å². The lowest BCUT2D eigenvalue weighted by molar-refractivity contribution is 0.0674. The normalized spacial score (nSPS) is 20.2. The molecule has 2 atom stereocenters. The number of rotatable bonds is 4. The second-order valence-electron chi connectivity index (χ2n) is 6.66. The number of ether oxygens (including phenoxy) is 1. The molecule has 2 aromatic heterocycles. The van der Waals surface area contributed by atoms with Gasteiger partial charge in [0.2, 0.25) is 0 Å². The zero-order valence-corrected chi connectivity index (χ0v) is 14.9. The molecule has 2 N–H and O–H groups in total. The lowest BCUT2D eigenvalue weighted by Crippen LogP contribution is -2.39. The van der Waals surface area contributed by atoms with E-state index in [4.69, 9.17) is 10.5 Å². The monoisotopic (exact) mass is 354 g/mol. The van der Waals surface area contributed by atoms with Crippen LogP contribution in [-0.2, 0) is 18.3 Å². The highest BCUT2D eigenvalue weighted by Gasteiger charge is 2.37. The molecule has 0 unspecified atom stereocenters.